The van der Waals surface area contributed by atoms with Crippen LogP contribution in [0, 0.1) is 5.92 Å². The SMILES string of the molecule is CC(C)CN(C)C[C@@H]1CN(CCNCSS)CCO1. The Morgan fingerprint density at radius 2 is 2.32 bits per heavy atom. The van der Waals surface area contributed by atoms with E-state index in [-0.39, 0.29) is 0 Å². The van der Waals surface area contributed by atoms with Gasteiger partial charge in [0.25, 0.3) is 0 Å². The van der Waals surface area contributed by atoms with Crippen LogP contribution in [0.3, 0.4) is 0 Å². The molecule has 0 aromatic rings. The molecule has 19 heavy (non-hydrogen) atoms. The number of rotatable bonds is 9. The molecule has 0 aromatic heterocycles. The molecule has 114 valence electrons. The highest BCUT2D eigenvalue weighted by atomic mass is 33.1. The Hall–Kier alpha value is 0.540. The van der Waals surface area contributed by atoms with Gasteiger partial charge in [-0.15, -0.1) is 11.7 Å². The van der Waals surface area contributed by atoms with Crippen molar-refractivity contribution in [2.24, 2.45) is 5.92 Å². The molecule has 0 spiro atoms. The van der Waals surface area contributed by atoms with Gasteiger partial charge in [-0.3, -0.25) is 4.90 Å². The summed E-state index contributed by atoms with van der Waals surface area (Å²) in [4.78, 5) is 4.88. The van der Waals surface area contributed by atoms with Crippen LogP contribution in [0.15, 0.2) is 0 Å². The molecule has 1 heterocycles. The van der Waals surface area contributed by atoms with Crippen LogP contribution < -0.4 is 5.32 Å². The fourth-order valence-corrected chi connectivity index (χ4v) is 3.00. The van der Waals surface area contributed by atoms with E-state index in [9.17, 15) is 0 Å². The molecule has 0 bridgehead atoms. The summed E-state index contributed by atoms with van der Waals surface area (Å²) in [6.45, 7) is 11.8. The van der Waals surface area contributed by atoms with Gasteiger partial charge in [-0.05, 0) is 13.0 Å². The van der Waals surface area contributed by atoms with Gasteiger partial charge in [0.1, 0.15) is 0 Å². The first-order valence-electron chi connectivity index (χ1n) is 7.11. The molecule has 0 radical (unpaired) electrons. The Morgan fingerprint density at radius 3 is 3.00 bits per heavy atom. The number of thiol groups is 1. The third-order valence-corrected chi connectivity index (χ3v) is 3.91. The molecule has 1 rings (SSSR count). The number of likely N-dealkylation sites (N-methyl/N-ethyl adjacent to an activating group) is 1. The molecule has 0 amide bonds. The highest BCUT2D eigenvalue weighted by Crippen LogP contribution is 2.07. The van der Waals surface area contributed by atoms with Crippen LogP contribution in [0.25, 0.3) is 0 Å². The third kappa shape index (κ3) is 8.42. The molecule has 1 saturated heterocycles. The summed E-state index contributed by atoms with van der Waals surface area (Å²) in [7, 11) is 3.72. The van der Waals surface area contributed by atoms with Crippen molar-refractivity contribution >= 4 is 22.5 Å². The number of hydrogen-bond donors (Lipinski definition) is 2. The van der Waals surface area contributed by atoms with Gasteiger partial charge < -0.3 is 15.0 Å². The zero-order chi connectivity index (χ0) is 14.1. The molecule has 1 N–H and O–H groups in total. The Bertz CT molecular complexity index is 232. The molecule has 1 aliphatic rings. The van der Waals surface area contributed by atoms with Crippen molar-refractivity contribution in [3.63, 3.8) is 0 Å². The summed E-state index contributed by atoms with van der Waals surface area (Å²) in [6, 6.07) is 0. The van der Waals surface area contributed by atoms with Crippen LogP contribution in [-0.2, 0) is 4.74 Å². The van der Waals surface area contributed by atoms with E-state index >= 15 is 0 Å². The van der Waals surface area contributed by atoms with E-state index in [1.54, 1.807) is 0 Å². The van der Waals surface area contributed by atoms with Gasteiger partial charge in [-0.1, -0.05) is 24.6 Å². The number of nitrogens with zero attached hydrogens (tertiary/aromatic N) is 2. The van der Waals surface area contributed by atoms with Crippen molar-refractivity contribution in [2.45, 2.75) is 20.0 Å². The summed E-state index contributed by atoms with van der Waals surface area (Å²) in [5.74, 6) is 1.63. The number of ether oxygens (including phenoxy) is 1. The van der Waals surface area contributed by atoms with Crippen LogP contribution >= 0.6 is 22.5 Å². The normalized spacial score (nSPS) is 21.5. The quantitative estimate of drug-likeness (QED) is 0.291. The molecule has 0 unspecified atom stereocenters. The molecule has 1 fully saturated rings. The van der Waals surface area contributed by atoms with Crippen LogP contribution in [0.1, 0.15) is 13.8 Å². The summed E-state index contributed by atoms with van der Waals surface area (Å²) in [6.07, 6.45) is 0.358. The molecule has 6 heteroatoms. The number of morpholine rings is 1. The summed E-state index contributed by atoms with van der Waals surface area (Å²) in [5, 5.41) is 3.36. The van der Waals surface area contributed by atoms with Gasteiger partial charge in [0, 0.05) is 39.3 Å². The molecule has 1 atom stereocenters. The van der Waals surface area contributed by atoms with Crippen molar-refractivity contribution in [1.82, 2.24) is 15.1 Å². The smallest absolute Gasteiger partial charge is 0.0829 e. The van der Waals surface area contributed by atoms with Crippen LogP contribution in [0.4, 0.5) is 0 Å². The maximum atomic E-state index is 5.87. The predicted molar refractivity (Wildman–Crippen MR) is 88.0 cm³/mol. The van der Waals surface area contributed by atoms with Gasteiger partial charge in [-0.2, -0.15) is 0 Å². The van der Waals surface area contributed by atoms with E-state index in [4.69, 9.17) is 4.74 Å². The fourth-order valence-electron chi connectivity index (χ4n) is 2.49. The Morgan fingerprint density at radius 1 is 1.53 bits per heavy atom. The predicted octanol–water partition coefficient (Wildman–Crippen LogP) is 1.40. The zero-order valence-electron chi connectivity index (χ0n) is 12.5. The monoisotopic (exact) mass is 307 g/mol. The second-order valence-electron chi connectivity index (χ2n) is 5.68. The van der Waals surface area contributed by atoms with Crippen molar-refractivity contribution in [2.75, 3.05) is 58.8 Å². The largest absolute Gasteiger partial charge is 0.374 e. The average Bonchev–Trinajstić information content (AvgIpc) is 2.34. The van der Waals surface area contributed by atoms with E-state index in [0.717, 1.165) is 51.8 Å². The topological polar surface area (TPSA) is 27.7 Å². The van der Waals surface area contributed by atoms with E-state index in [1.807, 2.05) is 0 Å². The second kappa shape index (κ2) is 10.3. The fraction of sp³-hybridized carbons (Fsp3) is 1.00. The van der Waals surface area contributed by atoms with E-state index < -0.39 is 0 Å². The second-order valence-corrected chi connectivity index (χ2v) is 7.00. The van der Waals surface area contributed by atoms with Gasteiger partial charge in [0.2, 0.25) is 0 Å². The minimum Gasteiger partial charge on any atom is -0.374 e. The lowest BCUT2D eigenvalue weighted by Gasteiger charge is -2.35. The lowest BCUT2D eigenvalue weighted by atomic mass is 10.2. The molecule has 0 aromatic carbocycles. The average molecular weight is 308 g/mol. The number of nitrogens with one attached hydrogen (secondary N) is 1. The van der Waals surface area contributed by atoms with Crippen LogP contribution in [-0.4, -0.2) is 74.7 Å². The zero-order valence-corrected chi connectivity index (χ0v) is 14.2. The Labute approximate surface area is 127 Å². The standard InChI is InChI=1S/C13H29N3OS2/c1-12(2)8-15(3)9-13-10-16(6-7-17-13)5-4-14-11-19-18/h12-14,18H,4-11H2,1-3H3/t13-/m1/s1. The maximum Gasteiger partial charge on any atom is 0.0829 e. The first kappa shape index (κ1) is 17.6. The van der Waals surface area contributed by atoms with Gasteiger partial charge in [0.05, 0.1) is 18.6 Å². The summed E-state index contributed by atoms with van der Waals surface area (Å²) in [5.41, 5.74) is 0. The Kier molecular flexibility index (Phi) is 9.53. The third-order valence-electron chi connectivity index (χ3n) is 3.19. The minimum atomic E-state index is 0.358. The Balaban J connectivity index is 2.18. The van der Waals surface area contributed by atoms with Gasteiger partial charge in [0.15, 0.2) is 0 Å². The number of hydrogen-bond acceptors (Lipinski definition) is 6. The van der Waals surface area contributed by atoms with E-state index in [2.05, 4.69) is 47.7 Å². The van der Waals surface area contributed by atoms with Gasteiger partial charge in [-0.25, -0.2) is 0 Å². The molecule has 0 saturated carbocycles. The summed E-state index contributed by atoms with van der Waals surface area (Å²) < 4.78 is 5.87. The highest BCUT2D eigenvalue weighted by Gasteiger charge is 2.21. The lowest BCUT2D eigenvalue weighted by Crippen LogP contribution is -2.48. The lowest BCUT2D eigenvalue weighted by molar-refractivity contribution is -0.0408. The first-order valence-corrected chi connectivity index (χ1v) is 9.15. The van der Waals surface area contributed by atoms with Crippen molar-refractivity contribution in [3.05, 3.63) is 0 Å². The minimum absolute atomic E-state index is 0.358. The van der Waals surface area contributed by atoms with Crippen LogP contribution in [0.2, 0.25) is 0 Å². The summed E-state index contributed by atoms with van der Waals surface area (Å²) >= 11 is 4.11. The molecular weight excluding hydrogens is 278 g/mol. The van der Waals surface area contributed by atoms with Crippen molar-refractivity contribution < 1.29 is 4.74 Å². The highest BCUT2D eigenvalue weighted by molar-refractivity contribution is 8.68. The van der Waals surface area contributed by atoms with Gasteiger partial charge >= 0.3 is 0 Å². The van der Waals surface area contributed by atoms with E-state index in [0.29, 0.717) is 12.0 Å². The molecule has 4 nitrogen and oxygen atoms in total. The first-order chi connectivity index (χ1) is 9.11. The van der Waals surface area contributed by atoms with Crippen LogP contribution in [0.5, 0.6) is 0 Å². The van der Waals surface area contributed by atoms with Crippen molar-refractivity contribution in [3.8, 4) is 0 Å². The van der Waals surface area contributed by atoms with E-state index in [1.165, 1.54) is 10.8 Å². The molecule has 0 aliphatic carbocycles. The maximum absolute atomic E-state index is 5.87. The molecular formula is C13H29N3OS2. The molecule has 1 aliphatic heterocycles. The van der Waals surface area contributed by atoms with Crippen molar-refractivity contribution in [1.29, 1.82) is 0 Å².